The van der Waals surface area contributed by atoms with E-state index in [4.69, 9.17) is 27.6 Å². The molecular formula is C22H12Cl2N2OS. The van der Waals surface area contributed by atoms with Crippen LogP contribution in [0.3, 0.4) is 0 Å². The summed E-state index contributed by atoms with van der Waals surface area (Å²) in [6.07, 6.45) is 1.69. The maximum atomic E-state index is 9.59. The molecule has 2 heterocycles. The number of benzene rings is 2. The molecule has 4 aromatic rings. The Bertz CT molecular complexity index is 1200. The van der Waals surface area contributed by atoms with Crippen LogP contribution < -0.4 is 0 Å². The molecule has 0 atom stereocenters. The van der Waals surface area contributed by atoms with E-state index in [2.05, 4.69) is 11.1 Å². The van der Waals surface area contributed by atoms with Crippen LogP contribution in [0.25, 0.3) is 34.2 Å². The summed E-state index contributed by atoms with van der Waals surface area (Å²) in [5, 5.41) is 13.5. The van der Waals surface area contributed by atoms with Crippen LogP contribution in [-0.2, 0) is 0 Å². The predicted molar refractivity (Wildman–Crippen MR) is 115 cm³/mol. The summed E-state index contributed by atoms with van der Waals surface area (Å²) in [5.74, 6) is 1.27. The van der Waals surface area contributed by atoms with E-state index in [1.807, 2.05) is 66.0 Å². The van der Waals surface area contributed by atoms with Crippen molar-refractivity contribution in [3.63, 3.8) is 0 Å². The minimum absolute atomic E-state index is 0.442. The van der Waals surface area contributed by atoms with Crippen LogP contribution >= 0.6 is 34.5 Å². The van der Waals surface area contributed by atoms with Crippen molar-refractivity contribution in [3.05, 3.63) is 86.9 Å². The van der Waals surface area contributed by atoms with Gasteiger partial charge < -0.3 is 4.42 Å². The van der Waals surface area contributed by atoms with Crippen LogP contribution in [0.4, 0.5) is 0 Å². The second kappa shape index (κ2) is 8.04. The average molecular weight is 423 g/mol. The quantitative estimate of drug-likeness (QED) is 0.321. The number of nitriles is 1. The largest absolute Gasteiger partial charge is 0.457 e. The van der Waals surface area contributed by atoms with Crippen molar-refractivity contribution in [1.29, 1.82) is 5.26 Å². The van der Waals surface area contributed by atoms with Crippen LogP contribution in [0.2, 0.25) is 10.0 Å². The van der Waals surface area contributed by atoms with Crippen molar-refractivity contribution in [2.24, 2.45) is 0 Å². The maximum absolute atomic E-state index is 9.59. The lowest BCUT2D eigenvalue weighted by Gasteiger charge is -1.97. The highest BCUT2D eigenvalue weighted by atomic mass is 35.5. The number of allylic oxidation sites excluding steroid dienone is 1. The van der Waals surface area contributed by atoms with Crippen LogP contribution in [0.1, 0.15) is 10.8 Å². The van der Waals surface area contributed by atoms with Crippen molar-refractivity contribution in [3.8, 4) is 28.7 Å². The fourth-order valence-corrected chi connectivity index (χ4v) is 3.77. The zero-order chi connectivity index (χ0) is 19.5. The highest BCUT2D eigenvalue weighted by Gasteiger charge is 2.11. The molecule has 6 heteroatoms. The number of halogens is 2. The summed E-state index contributed by atoms with van der Waals surface area (Å²) in [6, 6.07) is 20.7. The third kappa shape index (κ3) is 4.02. The third-order valence-corrected chi connectivity index (χ3v) is 5.38. The van der Waals surface area contributed by atoms with E-state index in [9.17, 15) is 5.26 Å². The Hall–Kier alpha value is -2.84. The first-order chi connectivity index (χ1) is 13.6. The second-order valence-electron chi connectivity index (χ2n) is 5.93. The molecule has 0 aliphatic carbocycles. The maximum Gasteiger partial charge on any atom is 0.134 e. The summed E-state index contributed by atoms with van der Waals surface area (Å²) < 4.78 is 5.86. The topological polar surface area (TPSA) is 49.8 Å². The van der Waals surface area contributed by atoms with Gasteiger partial charge in [-0.15, -0.1) is 11.3 Å². The second-order valence-corrected chi connectivity index (χ2v) is 7.66. The Morgan fingerprint density at radius 3 is 2.57 bits per heavy atom. The van der Waals surface area contributed by atoms with Gasteiger partial charge in [-0.05, 0) is 36.4 Å². The minimum Gasteiger partial charge on any atom is -0.457 e. The van der Waals surface area contributed by atoms with Gasteiger partial charge >= 0.3 is 0 Å². The van der Waals surface area contributed by atoms with E-state index in [1.165, 1.54) is 11.3 Å². The smallest absolute Gasteiger partial charge is 0.134 e. The zero-order valence-corrected chi connectivity index (χ0v) is 16.7. The molecule has 0 spiro atoms. The van der Waals surface area contributed by atoms with E-state index in [0.29, 0.717) is 32.1 Å². The molecule has 2 aromatic carbocycles. The molecule has 0 N–H and O–H groups in total. The number of rotatable bonds is 4. The SMILES string of the molecule is N#CC(=Cc1ccc(-c2cccc(Cl)c2)o1)c1nc(-c2ccc(Cl)cc2)cs1. The van der Waals surface area contributed by atoms with E-state index < -0.39 is 0 Å². The van der Waals surface area contributed by atoms with E-state index in [1.54, 1.807) is 6.08 Å². The number of nitrogens with zero attached hydrogens (tertiary/aromatic N) is 2. The van der Waals surface area contributed by atoms with Gasteiger partial charge in [0.1, 0.15) is 22.6 Å². The fourth-order valence-electron chi connectivity index (χ4n) is 2.66. The van der Waals surface area contributed by atoms with Crippen molar-refractivity contribution < 1.29 is 4.42 Å². The predicted octanol–water partition coefficient (Wildman–Crippen LogP) is 7.44. The van der Waals surface area contributed by atoms with Gasteiger partial charge in [-0.3, -0.25) is 0 Å². The molecule has 4 rings (SSSR count). The van der Waals surface area contributed by atoms with Crippen molar-refractivity contribution in [2.45, 2.75) is 0 Å². The number of hydrogen-bond acceptors (Lipinski definition) is 4. The lowest BCUT2D eigenvalue weighted by atomic mass is 10.2. The van der Waals surface area contributed by atoms with Crippen LogP contribution in [0.15, 0.2) is 70.5 Å². The van der Waals surface area contributed by atoms with E-state index in [-0.39, 0.29) is 0 Å². The molecule has 0 amide bonds. The first kappa shape index (κ1) is 18.5. The van der Waals surface area contributed by atoms with E-state index >= 15 is 0 Å². The third-order valence-electron chi connectivity index (χ3n) is 4.02. The van der Waals surface area contributed by atoms with Gasteiger partial charge in [-0.25, -0.2) is 4.98 Å². The lowest BCUT2D eigenvalue weighted by Crippen LogP contribution is -1.82. The lowest BCUT2D eigenvalue weighted by molar-refractivity contribution is 0.572. The Labute approximate surface area is 176 Å². The summed E-state index contributed by atoms with van der Waals surface area (Å²) in [6.45, 7) is 0. The first-order valence-electron chi connectivity index (χ1n) is 8.32. The standard InChI is InChI=1S/C22H12Cl2N2OS/c23-17-6-4-14(5-7-17)20-13-28-22(26-20)16(12-25)11-19-8-9-21(27-19)15-2-1-3-18(24)10-15/h1-11,13H. The van der Waals surface area contributed by atoms with Crippen LogP contribution in [-0.4, -0.2) is 4.98 Å². The number of hydrogen-bond donors (Lipinski definition) is 0. The number of furan rings is 1. The monoisotopic (exact) mass is 422 g/mol. The molecule has 136 valence electrons. The average Bonchev–Trinajstić information content (AvgIpc) is 3.37. The van der Waals surface area contributed by atoms with Crippen molar-refractivity contribution in [1.82, 2.24) is 4.98 Å². The molecule has 28 heavy (non-hydrogen) atoms. The molecule has 0 saturated carbocycles. The Morgan fingerprint density at radius 2 is 1.82 bits per heavy atom. The van der Waals surface area contributed by atoms with E-state index in [0.717, 1.165) is 16.8 Å². The fraction of sp³-hybridized carbons (Fsp3) is 0. The molecule has 0 saturated heterocycles. The highest BCUT2D eigenvalue weighted by molar-refractivity contribution is 7.11. The van der Waals surface area contributed by atoms with Gasteiger partial charge in [-0.1, -0.05) is 47.5 Å². The Balaban J connectivity index is 1.62. The van der Waals surface area contributed by atoms with Gasteiger partial charge in [0.2, 0.25) is 0 Å². The van der Waals surface area contributed by atoms with Gasteiger partial charge in [0, 0.05) is 32.6 Å². The van der Waals surface area contributed by atoms with Gasteiger partial charge in [0.15, 0.2) is 0 Å². The zero-order valence-electron chi connectivity index (χ0n) is 14.4. The molecule has 2 aromatic heterocycles. The summed E-state index contributed by atoms with van der Waals surface area (Å²) in [4.78, 5) is 4.58. The Morgan fingerprint density at radius 1 is 1.00 bits per heavy atom. The molecule has 0 aliphatic rings. The summed E-state index contributed by atoms with van der Waals surface area (Å²) in [5.41, 5.74) is 3.07. The first-order valence-corrected chi connectivity index (χ1v) is 9.95. The molecule has 3 nitrogen and oxygen atoms in total. The summed E-state index contributed by atoms with van der Waals surface area (Å²) >= 11 is 13.4. The summed E-state index contributed by atoms with van der Waals surface area (Å²) in [7, 11) is 0. The molecule has 0 bridgehead atoms. The van der Waals surface area contributed by atoms with Crippen LogP contribution in [0, 0.1) is 11.3 Å². The number of thiazole rings is 1. The van der Waals surface area contributed by atoms with Gasteiger partial charge in [0.25, 0.3) is 0 Å². The number of aromatic nitrogens is 1. The van der Waals surface area contributed by atoms with Crippen LogP contribution in [0.5, 0.6) is 0 Å². The normalized spacial score (nSPS) is 11.4. The molecular weight excluding hydrogens is 411 g/mol. The van der Waals surface area contributed by atoms with Gasteiger partial charge in [-0.2, -0.15) is 5.26 Å². The van der Waals surface area contributed by atoms with Gasteiger partial charge in [0.05, 0.1) is 11.3 Å². The molecule has 0 fully saturated rings. The van der Waals surface area contributed by atoms with Crippen molar-refractivity contribution in [2.75, 3.05) is 0 Å². The molecule has 0 radical (unpaired) electrons. The van der Waals surface area contributed by atoms with Crippen molar-refractivity contribution >= 4 is 46.2 Å². The Kier molecular flexibility index (Phi) is 5.31. The molecule has 0 aliphatic heterocycles. The highest BCUT2D eigenvalue weighted by Crippen LogP contribution is 2.30. The molecule has 0 unspecified atom stereocenters. The minimum atomic E-state index is 0.442.